The van der Waals surface area contributed by atoms with Gasteiger partial charge in [0, 0.05) is 19.8 Å². The summed E-state index contributed by atoms with van der Waals surface area (Å²) in [5, 5.41) is 0. The van der Waals surface area contributed by atoms with Crippen LogP contribution in [0.3, 0.4) is 0 Å². The third kappa shape index (κ3) is 45.1. The molecule has 372 valence electrons. The summed E-state index contributed by atoms with van der Waals surface area (Å²) in [6.07, 6.45) is 39.6. The van der Waals surface area contributed by atoms with Crippen LogP contribution in [0.2, 0.25) is 0 Å². The van der Waals surface area contributed by atoms with Crippen LogP contribution in [-0.4, -0.2) is 114 Å². The lowest BCUT2D eigenvalue weighted by molar-refractivity contribution is 0.0305. The molecule has 0 atom stereocenters. The van der Waals surface area contributed by atoms with Crippen LogP contribution < -0.4 is 14.2 Å². The monoisotopic (exact) mass is 898 g/mol. The number of hydrogen-bond donors (Lipinski definition) is 0. The molecule has 0 bridgehead atoms. The van der Waals surface area contributed by atoms with Crippen LogP contribution in [0, 0.1) is 0 Å². The summed E-state index contributed by atoms with van der Waals surface area (Å²) in [5.41, 5.74) is 0. The average Bonchev–Trinajstić information content (AvgIpc) is 3.29. The van der Waals surface area contributed by atoms with Crippen LogP contribution in [0.1, 0.15) is 213 Å². The minimum absolute atomic E-state index is 0.110. The summed E-state index contributed by atoms with van der Waals surface area (Å²) in [6, 6.07) is 0.329. The Hall–Kier alpha value is -1.83. The van der Waals surface area contributed by atoms with Crippen molar-refractivity contribution in [1.29, 1.82) is 0 Å². The number of aromatic nitrogens is 3. The Bertz CT molecular complexity index is 892. The van der Waals surface area contributed by atoms with Gasteiger partial charge in [-0.1, -0.05) is 194 Å². The largest absolute Gasteiger partial charge is 0.461 e. The molecule has 1 heterocycles. The van der Waals surface area contributed by atoms with Crippen molar-refractivity contribution in [2.45, 2.75) is 213 Å². The summed E-state index contributed by atoms with van der Waals surface area (Å²) in [4.78, 5) is 13.0. The van der Waals surface area contributed by atoms with Gasteiger partial charge in [-0.2, -0.15) is 0 Å². The Labute approximate surface area is 387 Å². The number of ether oxygens (including phenoxy) is 9. The first kappa shape index (κ1) is 59.2. The van der Waals surface area contributed by atoms with E-state index < -0.39 is 0 Å². The maximum Gasteiger partial charge on any atom is 0.325 e. The van der Waals surface area contributed by atoms with E-state index in [1.165, 1.54) is 173 Å². The van der Waals surface area contributed by atoms with Gasteiger partial charge in [0.15, 0.2) is 0 Å². The number of nitrogens with zero attached hydrogens (tertiary/aromatic N) is 3. The van der Waals surface area contributed by atoms with E-state index in [-0.39, 0.29) is 37.9 Å². The van der Waals surface area contributed by atoms with Gasteiger partial charge in [-0.15, -0.1) is 15.0 Å². The highest BCUT2D eigenvalue weighted by molar-refractivity contribution is 5.09. The third-order valence-corrected chi connectivity index (χ3v) is 11.0. The van der Waals surface area contributed by atoms with Gasteiger partial charge in [0.1, 0.15) is 19.8 Å². The van der Waals surface area contributed by atoms with E-state index in [9.17, 15) is 0 Å². The SMILES string of the molecule is CCCCCCCCCCCCOCCOCCOc1nc(OCCOCCOCCCCCCCCCCCC)nc(OCCOCCOCCCCCCCCCCCC)n1. The molecule has 0 aliphatic rings. The van der Waals surface area contributed by atoms with Crippen molar-refractivity contribution in [1.82, 2.24) is 15.0 Å². The zero-order valence-corrected chi connectivity index (χ0v) is 41.3. The van der Waals surface area contributed by atoms with Crippen LogP contribution >= 0.6 is 0 Å². The molecule has 12 nitrogen and oxygen atoms in total. The summed E-state index contributed by atoms with van der Waals surface area (Å²) in [6.45, 7) is 14.3. The third-order valence-electron chi connectivity index (χ3n) is 11.0. The van der Waals surface area contributed by atoms with E-state index in [4.69, 9.17) is 42.6 Å². The average molecular weight is 898 g/mol. The summed E-state index contributed by atoms with van der Waals surface area (Å²) < 4.78 is 51.8. The first-order chi connectivity index (χ1) is 31.3. The molecule has 0 N–H and O–H groups in total. The van der Waals surface area contributed by atoms with E-state index in [1.807, 2.05) is 0 Å². The molecule has 1 aromatic heterocycles. The molecule has 0 aliphatic carbocycles. The van der Waals surface area contributed by atoms with Crippen molar-refractivity contribution in [3.63, 3.8) is 0 Å². The topological polar surface area (TPSA) is 122 Å². The van der Waals surface area contributed by atoms with Gasteiger partial charge in [-0.05, 0) is 19.3 Å². The molecular weight excluding hydrogens is 799 g/mol. The van der Waals surface area contributed by atoms with Crippen molar-refractivity contribution in [3.05, 3.63) is 0 Å². The fraction of sp³-hybridized carbons (Fsp3) is 0.941. The maximum atomic E-state index is 5.80. The Kier molecular flexibility index (Phi) is 48.1. The van der Waals surface area contributed by atoms with Crippen molar-refractivity contribution in [3.8, 4) is 18.0 Å². The second kappa shape index (κ2) is 51.2. The number of rotatable bonds is 54. The van der Waals surface area contributed by atoms with Gasteiger partial charge in [0.25, 0.3) is 0 Å². The van der Waals surface area contributed by atoms with E-state index >= 15 is 0 Å². The van der Waals surface area contributed by atoms with Gasteiger partial charge >= 0.3 is 18.0 Å². The predicted octanol–water partition coefficient (Wildman–Crippen LogP) is 12.9. The van der Waals surface area contributed by atoms with E-state index in [2.05, 4.69) is 35.7 Å². The molecule has 0 unspecified atom stereocenters. The second-order valence-corrected chi connectivity index (χ2v) is 16.9. The summed E-state index contributed by atoms with van der Waals surface area (Å²) in [7, 11) is 0. The number of unbranched alkanes of at least 4 members (excludes halogenated alkanes) is 27. The first-order valence-corrected chi connectivity index (χ1v) is 26.4. The van der Waals surface area contributed by atoms with E-state index in [1.54, 1.807) is 0 Å². The van der Waals surface area contributed by atoms with Crippen molar-refractivity contribution >= 4 is 0 Å². The van der Waals surface area contributed by atoms with Crippen molar-refractivity contribution in [2.75, 3.05) is 99.1 Å². The van der Waals surface area contributed by atoms with E-state index in [0.717, 1.165) is 39.1 Å². The van der Waals surface area contributed by atoms with E-state index in [0.29, 0.717) is 59.5 Å². The van der Waals surface area contributed by atoms with Crippen LogP contribution in [0.25, 0.3) is 0 Å². The quantitative estimate of drug-likeness (QED) is 0.0579. The molecule has 0 saturated carbocycles. The van der Waals surface area contributed by atoms with Crippen molar-refractivity contribution in [2.24, 2.45) is 0 Å². The zero-order valence-electron chi connectivity index (χ0n) is 41.3. The van der Waals surface area contributed by atoms with Crippen LogP contribution in [0.4, 0.5) is 0 Å². The smallest absolute Gasteiger partial charge is 0.325 e. The molecule has 0 aliphatic heterocycles. The Balaban J connectivity index is 2.25. The fourth-order valence-electron chi connectivity index (χ4n) is 7.13. The molecule has 0 amide bonds. The molecule has 1 aromatic rings. The molecule has 0 radical (unpaired) electrons. The lowest BCUT2D eigenvalue weighted by atomic mass is 10.1. The number of hydrogen-bond acceptors (Lipinski definition) is 12. The summed E-state index contributed by atoms with van der Waals surface area (Å²) in [5.74, 6) is 0. The molecule has 0 fully saturated rings. The van der Waals surface area contributed by atoms with Crippen LogP contribution in [-0.2, 0) is 28.4 Å². The minimum atomic E-state index is 0.110. The standard InChI is InChI=1S/C51H99N3O9/c1-4-7-10-13-16-19-22-25-28-31-34-55-37-40-58-43-46-61-49-52-50(62-47-44-59-41-38-56-35-32-29-26-23-20-17-14-11-8-5-2)54-51(53-49)63-48-45-60-42-39-57-36-33-30-27-24-21-18-15-12-9-6-3/h4-48H2,1-3H3. The highest BCUT2D eigenvalue weighted by Crippen LogP contribution is 2.16. The highest BCUT2D eigenvalue weighted by atomic mass is 16.6. The molecule has 0 saturated heterocycles. The second-order valence-electron chi connectivity index (χ2n) is 16.9. The molecule has 1 rings (SSSR count). The Morgan fingerprint density at radius 3 is 0.603 bits per heavy atom. The van der Waals surface area contributed by atoms with Gasteiger partial charge < -0.3 is 42.6 Å². The van der Waals surface area contributed by atoms with Crippen LogP contribution in [0.5, 0.6) is 18.0 Å². The lowest BCUT2D eigenvalue weighted by Gasteiger charge is -2.11. The Morgan fingerprint density at radius 2 is 0.381 bits per heavy atom. The predicted molar refractivity (Wildman–Crippen MR) is 257 cm³/mol. The molecule has 0 spiro atoms. The first-order valence-electron chi connectivity index (χ1n) is 26.4. The Morgan fingerprint density at radius 1 is 0.206 bits per heavy atom. The van der Waals surface area contributed by atoms with Crippen LogP contribution in [0.15, 0.2) is 0 Å². The highest BCUT2D eigenvalue weighted by Gasteiger charge is 2.11. The molecular formula is C51H99N3O9. The van der Waals surface area contributed by atoms with Gasteiger partial charge in [0.05, 0.1) is 59.5 Å². The van der Waals surface area contributed by atoms with Gasteiger partial charge in [0.2, 0.25) is 0 Å². The fourth-order valence-corrected chi connectivity index (χ4v) is 7.13. The zero-order chi connectivity index (χ0) is 45.0. The molecule has 63 heavy (non-hydrogen) atoms. The minimum Gasteiger partial charge on any atom is -0.461 e. The maximum absolute atomic E-state index is 5.80. The molecule has 0 aromatic carbocycles. The van der Waals surface area contributed by atoms with Gasteiger partial charge in [-0.3, -0.25) is 0 Å². The molecule has 12 heteroatoms. The van der Waals surface area contributed by atoms with Gasteiger partial charge in [-0.25, -0.2) is 0 Å². The lowest BCUT2D eigenvalue weighted by Crippen LogP contribution is -2.16. The normalized spacial score (nSPS) is 11.5. The van der Waals surface area contributed by atoms with Crippen molar-refractivity contribution < 1.29 is 42.6 Å². The summed E-state index contributed by atoms with van der Waals surface area (Å²) >= 11 is 0.